The molecule has 0 radical (unpaired) electrons. The second-order valence-corrected chi connectivity index (χ2v) is 7.58. The summed E-state index contributed by atoms with van der Waals surface area (Å²) in [6.45, 7) is 3.61. The normalized spacial score (nSPS) is 11.2. The molecular weight excluding hydrogens is 377 g/mol. The summed E-state index contributed by atoms with van der Waals surface area (Å²) in [4.78, 5) is 30.2. The molecule has 1 amide bonds. The number of rotatable bonds is 4. The summed E-state index contributed by atoms with van der Waals surface area (Å²) in [5.74, 6) is -0.243. The fraction of sp³-hybridized carbons (Fsp3) is 0.190. The molecule has 4 aromatic rings. The number of amides is 1. The summed E-state index contributed by atoms with van der Waals surface area (Å²) in [6.07, 6.45) is 0.453. The second kappa shape index (κ2) is 7.16. The molecule has 0 spiro atoms. The molecule has 4 rings (SSSR count). The minimum Gasteiger partial charge on any atom is -0.324 e. The van der Waals surface area contributed by atoms with Crippen LogP contribution < -0.4 is 10.9 Å². The third-order valence-corrected chi connectivity index (χ3v) is 5.80. The molecule has 2 heterocycles. The zero-order chi connectivity index (χ0) is 19.8. The number of nitrogens with one attached hydrogen (secondary N) is 1. The Balaban J connectivity index is 1.78. The lowest BCUT2D eigenvalue weighted by Gasteiger charge is -2.12. The lowest BCUT2D eigenvalue weighted by molar-refractivity contribution is -0.116. The zero-order valence-corrected chi connectivity index (χ0v) is 16.3. The molecule has 142 valence electrons. The number of benzene rings is 2. The quantitative estimate of drug-likeness (QED) is 0.562. The average molecular weight is 395 g/mol. The molecule has 2 aromatic carbocycles. The summed E-state index contributed by atoms with van der Waals surface area (Å²) >= 11 is 1.20. The van der Waals surface area contributed by atoms with E-state index >= 15 is 0 Å². The first kappa shape index (κ1) is 18.3. The number of nitrogens with zero attached hydrogens (tertiary/aromatic N) is 2. The van der Waals surface area contributed by atoms with Crippen LogP contribution in [0.25, 0.3) is 20.3 Å². The summed E-state index contributed by atoms with van der Waals surface area (Å²) in [7, 11) is 0. The van der Waals surface area contributed by atoms with Gasteiger partial charge in [0.15, 0.2) is 0 Å². The van der Waals surface area contributed by atoms with E-state index in [9.17, 15) is 14.0 Å². The number of halogens is 1. The zero-order valence-electron chi connectivity index (χ0n) is 15.5. The fourth-order valence-corrected chi connectivity index (χ4v) is 4.36. The van der Waals surface area contributed by atoms with Gasteiger partial charge in [0.2, 0.25) is 5.91 Å². The molecule has 0 aliphatic rings. The predicted molar refractivity (Wildman–Crippen MR) is 111 cm³/mol. The van der Waals surface area contributed by atoms with E-state index in [-0.39, 0.29) is 18.0 Å². The number of para-hydroxylation sites is 1. The lowest BCUT2D eigenvalue weighted by Crippen LogP contribution is -2.30. The van der Waals surface area contributed by atoms with Crippen LogP contribution in [-0.2, 0) is 17.8 Å². The molecule has 0 unspecified atom stereocenters. The van der Waals surface area contributed by atoms with Crippen LogP contribution in [0.3, 0.4) is 0 Å². The highest BCUT2D eigenvalue weighted by atomic mass is 32.1. The van der Waals surface area contributed by atoms with Gasteiger partial charge in [0.05, 0.1) is 10.9 Å². The van der Waals surface area contributed by atoms with Crippen LogP contribution in [0.1, 0.15) is 18.3 Å². The van der Waals surface area contributed by atoms with Crippen molar-refractivity contribution in [3.63, 3.8) is 0 Å². The highest BCUT2D eigenvalue weighted by Crippen LogP contribution is 2.32. The maximum absolute atomic E-state index is 14.3. The van der Waals surface area contributed by atoms with Crippen molar-refractivity contribution in [2.75, 3.05) is 5.32 Å². The number of carbonyl (C=O) groups is 1. The van der Waals surface area contributed by atoms with Crippen LogP contribution >= 0.6 is 11.3 Å². The minimum atomic E-state index is -0.396. The largest absolute Gasteiger partial charge is 0.324 e. The van der Waals surface area contributed by atoms with Gasteiger partial charge in [0, 0.05) is 16.8 Å². The Morgan fingerprint density at radius 2 is 2.00 bits per heavy atom. The van der Waals surface area contributed by atoms with E-state index in [0.717, 1.165) is 5.56 Å². The molecule has 0 aliphatic carbocycles. The standard InChI is InChI=1S/C21H18FN3O2S/c1-3-16-24-19-18-13(22)8-6-10-15(18)28-20(19)21(27)25(16)11-17(26)23-14-9-5-4-7-12(14)2/h4-10H,3,11H2,1-2H3,(H,23,26). The van der Waals surface area contributed by atoms with Gasteiger partial charge < -0.3 is 5.32 Å². The average Bonchev–Trinajstić information content (AvgIpc) is 3.06. The summed E-state index contributed by atoms with van der Waals surface area (Å²) in [5, 5.41) is 3.20. The SMILES string of the molecule is CCc1nc2c(sc3cccc(F)c32)c(=O)n1CC(=O)Nc1ccccc1C. The van der Waals surface area contributed by atoms with Crippen LogP contribution in [0.15, 0.2) is 47.3 Å². The van der Waals surface area contributed by atoms with Gasteiger partial charge in [0.1, 0.15) is 22.9 Å². The first-order chi connectivity index (χ1) is 13.5. The van der Waals surface area contributed by atoms with Crippen LogP contribution in [0.5, 0.6) is 0 Å². The van der Waals surface area contributed by atoms with E-state index in [2.05, 4.69) is 10.3 Å². The van der Waals surface area contributed by atoms with E-state index < -0.39 is 5.82 Å². The number of aryl methyl sites for hydroxylation is 2. The molecule has 0 aliphatic heterocycles. The first-order valence-electron chi connectivity index (χ1n) is 8.95. The predicted octanol–water partition coefficient (Wildman–Crippen LogP) is 4.26. The molecule has 0 saturated heterocycles. The van der Waals surface area contributed by atoms with Gasteiger partial charge in [-0.2, -0.15) is 0 Å². The molecule has 2 aromatic heterocycles. The molecule has 0 saturated carbocycles. The molecule has 0 bridgehead atoms. The Bertz CT molecular complexity index is 1280. The molecule has 28 heavy (non-hydrogen) atoms. The third-order valence-electron chi connectivity index (χ3n) is 4.67. The maximum atomic E-state index is 14.3. The first-order valence-corrected chi connectivity index (χ1v) is 9.77. The Kier molecular flexibility index (Phi) is 4.68. The number of hydrogen-bond donors (Lipinski definition) is 1. The Hall–Kier alpha value is -3.06. The third kappa shape index (κ3) is 3.07. The van der Waals surface area contributed by atoms with Gasteiger partial charge in [-0.15, -0.1) is 11.3 Å². The number of fused-ring (bicyclic) bond motifs is 3. The van der Waals surface area contributed by atoms with E-state index in [4.69, 9.17) is 0 Å². The van der Waals surface area contributed by atoms with Crippen molar-refractivity contribution in [1.29, 1.82) is 0 Å². The molecular formula is C21H18FN3O2S. The molecule has 0 atom stereocenters. The number of thiophene rings is 1. The van der Waals surface area contributed by atoms with Crippen molar-refractivity contribution in [3.05, 3.63) is 70.0 Å². The number of anilines is 1. The molecule has 0 fully saturated rings. The highest BCUT2D eigenvalue weighted by Gasteiger charge is 2.19. The summed E-state index contributed by atoms with van der Waals surface area (Å²) in [6, 6.07) is 12.2. The summed E-state index contributed by atoms with van der Waals surface area (Å²) in [5.41, 5.74) is 1.70. The van der Waals surface area contributed by atoms with Crippen molar-refractivity contribution >= 4 is 43.2 Å². The van der Waals surface area contributed by atoms with E-state index in [1.807, 2.05) is 38.1 Å². The maximum Gasteiger partial charge on any atom is 0.272 e. The van der Waals surface area contributed by atoms with E-state index in [1.165, 1.54) is 22.0 Å². The van der Waals surface area contributed by atoms with Crippen molar-refractivity contribution in [2.24, 2.45) is 0 Å². The molecule has 1 N–H and O–H groups in total. The van der Waals surface area contributed by atoms with Crippen molar-refractivity contribution in [3.8, 4) is 0 Å². The topological polar surface area (TPSA) is 64.0 Å². The lowest BCUT2D eigenvalue weighted by atomic mass is 10.2. The van der Waals surface area contributed by atoms with E-state index in [1.54, 1.807) is 12.1 Å². The van der Waals surface area contributed by atoms with Gasteiger partial charge in [-0.1, -0.05) is 31.2 Å². The van der Waals surface area contributed by atoms with E-state index in [0.29, 0.717) is 38.2 Å². The smallest absolute Gasteiger partial charge is 0.272 e. The summed E-state index contributed by atoms with van der Waals surface area (Å²) < 4.78 is 16.7. The molecule has 5 nitrogen and oxygen atoms in total. The van der Waals surface area contributed by atoms with Gasteiger partial charge in [-0.05, 0) is 30.7 Å². The van der Waals surface area contributed by atoms with Crippen LogP contribution in [0.4, 0.5) is 10.1 Å². The number of hydrogen-bond acceptors (Lipinski definition) is 4. The van der Waals surface area contributed by atoms with Crippen molar-refractivity contribution in [1.82, 2.24) is 9.55 Å². The number of aromatic nitrogens is 2. The Labute approximate surface area is 164 Å². The van der Waals surface area contributed by atoms with Crippen LogP contribution in [0, 0.1) is 12.7 Å². The van der Waals surface area contributed by atoms with Gasteiger partial charge >= 0.3 is 0 Å². The Morgan fingerprint density at radius 1 is 1.21 bits per heavy atom. The fourth-order valence-electron chi connectivity index (χ4n) is 3.25. The van der Waals surface area contributed by atoms with Crippen molar-refractivity contribution < 1.29 is 9.18 Å². The van der Waals surface area contributed by atoms with Gasteiger partial charge in [0.25, 0.3) is 5.56 Å². The van der Waals surface area contributed by atoms with Gasteiger partial charge in [-0.25, -0.2) is 9.37 Å². The Morgan fingerprint density at radius 3 is 2.75 bits per heavy atom. The second-order valence-electron chi connectivity index (χ2n) is 6.53. The minimum absolute atomic E-state index is 0.143. The van der Waals surface area contributed by atoms with Crippen LogP contribution in [-0.4, -0.2) is 15.5 Å². The van der Waals surface area contributed by atoms with Crippen LogP contribution in [0.2, 0.25) is 0 Å². The monoisotopic (exact) mass is 395 g/mol. The molecule has 7 heteroatoms. The van der Waals surface area contributed by atoms with Crippen molar-refractivity contribution in [2.45, 2.75) is 26.8 Å². The highest BCUT2D eigenvalue weighted by molar-refractivity contribution is 7.25. The van der Waals surface area contributed by atoms with Gasteiger partial charge in [-0.3, -0.25) is 14.2 Å². The number of carbonyl (C=O) groups excluding carboxylic acids is 1.